The van der Waals surface area contributed by atoms with Crippen molar-refractivity contribution in [2.75, 3.05) is 11.9 Å². The average Bonchev–Trinajstić information content (AvgIpc) is 2.54. The molecule has 2 amide bonds. The van der Waals surface area contributed by atoms with Gasteiger partial charge in [-0.15, -0.1) is 0 Å². The molecule has 0 saturated heterocycles. The van der Waals surface area contributed by atoms with Crippen molar-refractivity contribution in [1.29, 1.82) is 0 Å². The Morgan fingerprint density at radius 2 is 1.82 bits per heavy atom. The van der Waals surface area contributed by atoms with Gasteiger partial charge < -0.3 is 10.6 Å². The molecule has 0 saturated carbocycles. The first-order valence-electron chi connectivity index (χ1n) is 7.22. The van der Waals surface area contributed by atoms with Crippen molar-refractivity contribution in [3.05, 3.63) is 59.4 Å². The Morgan fingerprint density at radius 1 is 1.09 bits per heavy atom. The molecule has 0 fully saturated rings. The van der Waals surface area contributed by atoms with Crippen LogP contribution < -0.4 is 10.6 Å². The molecule has 5 heteroatoms. The fourth-order valence-electron chi connectivity index (χ4n) is 1.87. The largest absolute Gasteiger partial charge is 0.351 e. The SMILES string of the molecule is CCCNC(=O)c1cc(C(=O)Nc2ccc(C)cc2)ccn1. The Labute approximate surface area is 129 Å². The summed E-state index contributed by atoms with van der Waals surface area (Å²) in [5.74, 6) is -0.539. The number of anilines is 1. The first-order valence-corrected chi connectivity index (χ1v) is 7.22. The van der Waals surface area contributed by atoms with Crippen molar-refractivity contribution in [2.45, 2.75) is 20.3 Å². The number of nitrogens with zero attached hydrogens (tertiary/aromatic N) is 1. The van der Waals surface area contributed by atoms with Gasteiger partial charge >= 0.3 is 0 Å². The number of rotatable bonds is 5. The van der Waals surface area contributed by atoms with E-state index in [4.69, 9.17) is 0 Å². The zero-order chi connectivity index (χ0) is 15.9. The number of carbonyl (C=O) groups excluding carboxylic acids is 2. The quantitative estimate of drug-likeness (QED) is 0.891. The molecule has 0 aliphatic heterocycles. The van der Waals surface area contributed by atoms with Crippen molar-refractivity contribution in [2.24, 2.45) is 0 Å². The monoisotopic (exact) mass is 297 g/mol. The number of hydrogen-bond donors (Lipinski definition) is 2. The molecule has 5 nitrogen and oxygen atoms in total. The van der Waals surface area contributed by atoms with Crippen LogP contribution in [0, 0.1) is 6.92 Å². The summed E-state index contributed by atoms with van der Waals surface area (Å²) in [7, 11) is 0. The van der Waals surface area contributed by atoms with Crippen molar-refractivity contribution < 1.29 is 9.59 Å². The average molecular weight is 297 g/mol. The van der Waals surface area contributed by atoms with Crippen LogP contribution in [0.1, 0.15) is 39.8 Å². The molecule has 0 spiro atoms. The van der Waals surface area contributed by atoms with Crippen LogP contribution in [0.3, 0.4) is 0 Å². The number of carbonyl (C=O) groups is 2. The standard InChI is InChI=1S/C17H19N3O2/c1-3-9-19-17(22)15-11-13(8-10-18-15)16(21)20-14-6-4-12(2)5-7-14/h4-8,10-11H,3,9H2,1-2H3,(H,19,22)(H,20,21). The predicted molar refractivity (Wildman–Crippen MR) is 86.0 cm³/mol. The van der Waals surface area contributed by atoms with Gasteiger partial charge in [0.05, 0.1) is 0 Å². The van der Waals surface area contributed by atoms with E-state index in [-0.39, 0.29) is 17.5 Å². The summed E-state index contributed by atoms with van der Waals surface area (Å²) in [4.78, 5) is 28.1. The highest BCUT2D eigenvalue weighted by Gasteiger charge is 2.11. The summed E-state index contributed by atoms with van der Waals surface area (Å²) < 4.78 is 0. The fraction of sp³-hybridized carbons (Fsp3) is 0.235. The Bertz CT molecular complexity index is 666. The van der Waals surface area contributed by atoms with Gasteiger partial charge in [0.1, 0.15) is 5.69 Å². The summed E-state index contributed by atoms with van der Waals surface area (Å²) in [6.07, 6.45) is 2.31. The lowest BCUT2D eigenvalue weighted by molar-refractivity contribution is 0.0948. The van der Waals surface area contributed by atoms with Gasteiger partial charge in [0.25, 0.3) is 11.8 Å². The number of benzene rings is 1. The van der Waals surface area contributed by atoms with E-state index in [1.165, 1.54) is 12.3 Å². The highest BCUT2D eigenvalue weighted by Crippen LogP contribution is 2.11. The second-order valence-corrected chi connectivity index (χ2v) is 5.01. The first kappa shape index (κ1) is 15.7. The van der Waals surface area contributed by atoms with Gasteiger partial charge in [-0.3, -0.25) is 14.6 Å². The molecule has 22 heavy (non-hydrogen) atoms. The molecule has 0 radical (unpaired) electrons. The van der Waals surface area contributed by atoms with Crippen molar-refractivity contribution in [1.82, 2.24) is 10.3 Å². The van der Waals surface area contributed by atoms with Crippen molar-refractivity contribution in [3.8, 4) is 0 Å². The maximum absolute atomic E-state index is 12.2. The fourth-order valence-corrected chi connectivity index (χ4v) is 1.87. The van der Waals surface area contributed by atoms with E-state index in [0.717, 1.165) is 12.0 Å². The van der Waals surface area contributed by atoms with Crippen LogP contribution in [0.15, 0.2) is 42.6 Å². The third-order valence-electron chi connectivity index (χ3n) is 3.10. The summed E-state index contributed by atoms with van der Waals surface area (Å²) >= 11 is 0. The van der Waals surface area contributed by atoms with Crippen molar-refractivity contribution >= 4 is 17.5 Å². The number of aromatic nitrogens is 1. The van der Waals surface area contributed by atoms with E-state index < -0.39 is 0 Å². The lowest BCUT2D eigenvalue weighted by Gasteiger charge is -2.07. The zero-order valence-corrected chi connectivity index (χ0v) is 12.7. The summed E-state index contributed by atoms with van der Waals surface area (Å²) in [6.45, 7) is 4.54. The van der Waals surface area contributed by atoms with Crippen LogP contribution in [0.2, 0.25) is 0 Å². The predicted octanol–water partition coefficient (Wildman–Crippen LogP) is 2.78. The summed E-state index contributed by atoms with van der Waals surface area (Å²) in [6, 6.07) is 10.6. The highest BCUT2D eigenvalue weighted by molar-refractivity contribution is 6.05. The number of aryl methyl sites for hydroxylation is 1. The molecular formula is C17H19N3O2. The minimum atomic E-state index is -0.271. The molecule has 0 aliphatic carbocycles. The van der Waals surface area contributed by atoms with Crippen LogP contribution in [0.25, 0.3) is 0 Å². The molecule has 2 N–H and O–H groups in total. The van der Waals surface area contributed by atoms with Crippen LogP contribution in [-0.2, 0) is 0 Å². The van der Waals surface area contributed by atoms with E-state index in [0.29, 0.717) is 17.8 Å². The van der Waals surface area contributed by atoms with E-state index in [2.05, 4.69) is 15.6 Å². The number of nitrogens with one attached hydrogen (secondary N) is 2. The van der Waals surface area contributed by atoms with Crippen LogP contribution >= 0.6 is 0 Å². The molecule has 1 aromatic heterocycles. The zero-order valence-electron chi connectivity index (χ0n) is 12.7. The molecule has 0 bridgehead atoms. The smallest absolute Gasteiger partial charge is 0.269 e. The second-order valence-electron chi connectivity index (χ2n) is 5.01. The number of amides is 2. The molecule has 2 aromatic rings. The van der Waals surface area contributed by atoms with Gasteiger partial charge in [0.2, 0.25) is 0 Å². The van der Waals surface area contributed by atoms with Gasteiger partial charge in [0.15, 0.2) is 0 Å². The second kappa shape index (κ2) is 7.36. The third kappa shape index (κ3) is 4.15. The molecule has 2 rings (SSSR count). The third-order valence-corrected chi connectivity index (χ3v) is 3.10. The minimum absolute atomic E-state index is 0.241. The van der Waals surface area contributed by atoms with E-state index in [1.54, 1.807) is 6.07 Å². The summed E-state index contributed by atoms with van der Waals surface area (Å²) in [5.41, 5.74) is 2.48. The molecule has 0 atom stereocenters. The Hall–Kier alpha value is -2.69. The number of hydrogen-bond acceptors (Lipinski definition) is 3. The van der Waals surface area contributed by atoms with Gasteiger partial charge in [-0.05, 0) is 37.6 Å². The van der Waals surface area contributed by atoms with Crippen LogP contribution in [-0.4, -0.2) is 23.3 Å². The van der Waals surface area contributed by atoms with Crippen LogP contribution in [0.5, 0.6) is 0 Å². The first-order chi connectivity index (χ1) is 10.6. The Morgan fingerprint density at radius 3 is 2.50 bits per heavy atom. The van der Waals surface area contributed by atoms with E-state index in [9.17, 15) is 9.59 Å². The summed E-state index contributed by atoms with van der Waals surface area (Å²) in [5, 5.41) is 5.53. The molecular weight excluding hydrogens is 278 g/mol. The molecule has 1 aromatic carbocycles. The number of pyridine rings is 1. The lowest BCUT2D eigenvalue weighted by Crippen LogP contribution is -2.25. The topological polar surface area (TPSA) is 71.1 Å². The molecule has 0 aliphatic rings. The van der Waals surface area contributed by atoms with Gasteiger partial charge in [-0.2, -0.15) is 0 Å². The van der Waals surface area contributed by atoms with Gasteiger partial charge in [-0.1, -0.05) is 24.6 Å². The lowest BCUT2D eigenvalue weighted by atomic mass is 10.2. The van der Waals surface area contributed by atoms with Crippen LogP contribution in [0.4, 0.5) is 5.69 Å². The molecule has 0 unspecified atom stereocenters. The highest BCUT2D eigenvalue weighted by atomic mass is 16.2. The minimum Gasteiger partial charge on any atom is -0.351 e. The normalized spacial score (nSPS) is 10.1. The Balaban J connectivity index is 2.09. The molecule has 1 heterocycles. The maximum atomic E-state index is 12.2. The van der Waals surface area contributed by atoms with Gasteiger partial charge in [-0.25, -0.2) is 0 Å². The van der Waals surface area contributed by atoms with Gasteiger partial charge in [0, 0.05) is 24.0 Å². The van der Waals surface area contributed by atoms with E-state index >= 15 is 0 Å². The molecule has 114 valence electrons. The maximum Gasteiger partial charge on any atom is 0.269 e. The van der Waals surface area contributed by atoms with Crippen molar-refractivity contribution in [3.63, 3.8) is 0 Å². The Kier molecular flexibility index (Phi) is 5.25. The van der Waals surface area contributed by atoms with E-state index in [1.807, 2.05) is 38.1 Å².